The lowest BCUT2D eigenvalue weighted by atomic mass is 9.96. The van der Waals surface area contributed by atoms with Crippen molar-refractivity contribution in [2.75, 3.05) is 26.2 Å². The van der Waals surface area contributed by atoms with Gasteiger partial charge in [-0.3, -0.25) is 57.5 Å². The molecule has 2 fully saturated rings. The van der Waals surface area contributed by atoms with Gasteiger partial charge < -0.3 is 78.3 Å². The summed E-state index contributed by atoms with van der Waals surface area (Å²) in [4.78, 5) is 159. The van der Waals surface area contributed by atoms with Crippen molar-refractivity contribution in [3.05, 3.63) is 0 Å². The van der Waals surface area contributed by atoms with Crippen LogP contribution in [0.3, 0.4) is 0 Å². The number of aliphatic hydroxyl groups excluding tert-OH is 2. The van der Waals surface area contributed by atoms with Crippen LogP contribution in [0.5, 0.6) is 0 Å². The van der Waals surface area contributed by atoms with Gasteiger partial charge in [0.1, 0.15) is 54.9 Å². The number of aliphatic hydroxyl groups is 2. The molecular formula is C45H74N10O17. The first-order valence-electron chi connectivity index (χ1n) is 24.1. The molecule has 0 saturated carbocycles. The van der Waals surface area contributed by atoms with E-state index in [0.717, 1.165) is 11.8 Å². The van der Waals surface area contributed by atoms with Crippen molar-refractivity contribution in [2.45, 2.75) is 167 Å². The number of rotatable bonds is 29. The van der Waals surface area contributed by atoms with Gasteiger partial charge in [-0.05, 0) is 63.2 Å². The first kappa shape index (κ1) is 61.6. The average molecular weight is 1030 g/mol. The second-order valence-corrected chi connectivity index (χ2v) is 18.9. The maximum Gasteiger partial charge on any atom is 0.322 e. The fourth-order valence-electron chi connectivity index (χ4n) is 8.04. The number of likely N-dealkylation sites (tertiary alicyclic amines) is 2. The van der Waals surface area contributed by atoms with E-state index in [9.17, 15) is 78.0 Å². The molecule has 27 heteroatoms. The number of nitrogens with one attached hydrogen (secondary N) is 7. The first-order chi connectivity index (χ1) is 33.6. The second-order valence-electron chi connectivity index (χ2n) is 18.9. The number of amides is 9. The summed E-state index contributed by atoms with van der Waals surface area (Å²) in [6.45, 7) is 9.78. The van der Waals surface area contributed by atoms with Crippen molar-refractivity contribution in [1.29, 1.82) is 0 Å². The molecule has 0 spiro atoms. The zero-order valence-electron chi connectivity index (χ0n) is 41.8. The summed E-state index contributed by atoms with van der Waals surface area (Å²) < 4.78 is 0. The fourth-order valence-corrected chi connectivity index (χ4v) is 8.04. The van der Waals surface area contributed by atoms with Gasteiger partial charge in [0.05, 0.1) is 25.2 Å². The van der Waals surface area contributed by atoms with Crippen molar-refractivity contribution in [2.24, 2.45) is 23.5 Å². The number of carbonyl (C=O) groups is 12. The van der Waals surface area contributed by atoms with Crippen LogP contribution in [0.25, 0.3) is 0 Å². The molecule has 0 unspecified atom stereocenters. The van der Waals surface area contributed by atoms with Crippen molar-refractivity contribution >= 4 is 71.1 Å². The highest BCUT2D eigenvalue weighted by Crippen LogP contribution is 2.23. The number of carbonyl (C=O) groups excluding carboxylic acids is 9. The largest absolute Gasteiger partial charge is 0.481 e. The van der Waals surface area contributed by atoms with Gasteiger partial charge in [-0.15, -0.1) is 0 Å². The van der Waals surface area contributed by atoms with Gasteiger partial charge >= 0.3 is 17.9 Å². The van der Waals surface area contributed by atoms with E-state index in [1.54, 1.807) is 34.6 Å². The minimum absolute atomic E-state index is 0.00287. The van der Waals surface area contributed by atoms with Gasteiger partial charge in [0, 0.05) is 19.5 Å². The average Bonchev–Trinajstić information content (AvgIpc) is 4.01. The minimum atomic E-state index is -1.90. The topological polar surface area (TPSA) is 423 Å². The van der Waals surface area contributed by atoms with Crippen LogP contribution in [0.15, 0.2) is 0 Å². The lowest BCUT2D eigenvalue weighted by Gasteiger charge is -2.33. The Balaban J connectivity index is 2.31. The van der Waals surface area contributed by atoms with E-state index >= 15 is 0 Å². The van der Waals surface area contributed by atoms with Crippen LogP contribution in [0, 0.1) is 17.8 Å². The van der Waals surface area contributed by atoms with Gasteiger partial charge in [-0.2, -0.15) is 0 Å². The highest BCUT2D eigenvalue weighted by Gasteiger charge is 2.43. The SMILES string of the molecule is CC[C@H](C)[C@H](NC(=O)[C@@H](N)C(C)C)C(=O)N1CCC[C@H]1C(=O)N[C@@H](CC(=O)O)C(=O)N[C@@H](CC(C)C)C(=O)N[C@H](C(=O)N[C@@H](CCC(=O)O)C(=O)N[C@@H](CO)C(=O)N1CCC[C@H]1C(=O)NCC(=O)O)[C@@H](C)O. The van der Waals surface area contributed by atoms with Crippen LogP contribution in [0.2, 0.25) is 0 Å². The van der Waals surface area contributed by atoms with Crippen molar-refractivity contribution in [3.63, 3.8) is 0 Å². The summed E-state index contributed by atoms with van der Waals surface area (Å²) in [5.41, 5.74) is 6.03. The smallest absolute Gasteiger partial charge is 0.322 e. The van der Waals surface area contributed by atoms with Crippen LogP contribution < -0.4 is 43.0 Å². The predicted octanol–water partition coefficient (Wildman–Crippen LogP) is -4.13. The molecule has 0 bridgehead atoms. The van der Waals surface area contributed by atoms with Crippen LogP contribution >= 0.6 is 0 Å². The first-order valence-corrected chi connectivity index (χ1v) is 24.1. The highest BCUT2D eigenvalue weighted by molar-refractivity contribution is 5.99. The molecule has 11 atom stereocenters. The Morgan fingerprint density at radius 3 is 1.61 bits per heavy atom. The van der Waals surface area contributed by atoms with Gasteiger partial charge in [0.15, 0.2) is 0 Å². The molecule has 2 heterocycles. The number of hydrogen-bond acceptors (Lipinski definition) is 15. The predicted molar refractivity (Wildman–Crippen MR) is 251 cm³/mol. The number of nitrogens with zero attached hydrogens (tertiary/aromatic N) is 2. The number of carboxylic acid groups (broad SMARTS) is 3. The molecule has 0 aliphatic carbocycles. The summed E-state index contributed by atoms with van der Waals surface area (Å²) >= 11 is 0. The Morgan fingerprint density at radius 2 is 1.11 bits per heavy atom. The van der Waals surface area contributed by atoms with E-state index in [2.05, 4.69) is 37.2 Å². The third-order valence-corrected chi connectivity index (χ3v) is 12.4. The maximum absolute atomic E-state index is 14.0. The van der Waals surface area contributed by atoms with Crippen LogP contribution in [-0.2, 0) is 57.5 Å². The van der Waals surface area contributed by atoms with Gasteiger partial charge in [0.2, 0.25) is 53.2 Å². The molecule has 27 nitrogen and oxygen atoms in total. The molecular weight excluding hydrogens is 953 g/mol. The lowest BCUT2D eigenvalue weighted by Crippen LogP contribution is -2.62. The summed E-state index contributed by atoms with van der Waals surface area (Å²) in [5.74, 6) is -13.7. The van der Waals surface area contributed by atoms with Crippen LogP contribution in [-0.4, -0.2) is 193 Å². The quantitative estimate of drug-likeness (QED) is 0.0338. The van der Waals surface area contributed by atoms with Crippen molar-refractivity contribution in [3.8, 4) is 0 Å². The zero-order valence-corrected chi connectivity index (χ0v) is 41.8. The molecule has 14 N–H and O–H groups in total. The van der Waals surface area contributed by atoms with Crippen molar-refractivity contribution in [1.82, 2.24) is 47.0 Å². The molecule has 0 aromatic carbocycles. The van der Waals surface area contributed by atoms with E-state index in [4.69, 9.17) is 10.8 Å². The monoisotopic (exact) mass is 1030 g/mol. The third kappa shape index (κ3) is 18.6. The zero-order chi connectivity index (χ0) is 54.7. The van der Waals surface area contributed by atoms with Gasteiger partial charge in [-0.1, -0.05) is 48.0 Å². The van der Waals surface area contributed by atoms with E-state index in [1.165, 1.54) is 4.90 Å². The molecule has 0 radical (unpaired) electrons. The summed E-state index contributed by atoms with van der Waals surface area (Å²) in [7, 11) is 0. The fraction of sp³-hybridized carbons (Fsp3) is 0.733. The highest BCUT2D eigenvalue weighted by atomic mass is 16.4. The lowest BCUT2D eigenvalue weighted by molar-refractivity contribution is -0.145. The van der Waals surface area contributed by atoms with Crippen LogP contribution in [0.1, 0.15) is 106 Å². The molecule has 2 saturated heterocycles. The standard InChI is InChI=1S/C45H74N10O17/c1-8-23(6)35(52-42(69)34(46)22(4)5)45(72)55-16-10-12-30(55)41(68)50-27(18-32(60)61)38(65)49-26(17-21(2)3)39(66)53-36(24(7)57)43(70)48-25(13-14-31(58)59)37(64)51-28(20-56)44(71)54-15-9-11-29(54)40(67)47-19-33(62)63/h21-30,34-36,56-57H,8-20,46H2,1-7H3,(H,47,67)(H,48,70)(H,49,65)(H,50,68)(H,51,64)(H,52,69)(H,53,66)(H,58,59)(H,60,61)(H,62,63)/t23-,24+,25-,26-,27-,28-,29-,30-,34-,35-,36-/m0/s1. The molecule has 2 aliphatic rings. The Bertz CT molecular complexity index is 1990. The van der Waals surface area contributed by atoms with Crippen LogP contribution in [0.4, 0.5) is 0 Å². The molecule has 2 rings (SSSR count). The number of carboxylic acids is 3. The van der Waals surface area contributed by atoms with E-state index in [1.807, 2.05) is 6.92 Å². The van der Waals surface area contributed by atoms with E-state index in [0.29, 0.717) is 19.3 Å². The van der Waals surface area contributed by atoms with E-state index in [-0.39, 0.29) is 50.1 Å². The normalized spacial score (nSPS) is 19.3. The molecule has 0 aromatic heterocycles. The Hall–Kier alpha value is -6.48. The molecule has 2 aliphatic heterocycles. The third-order valence-electron chi connectivity index (χ3n) is 12.4. The maximum atomic E-state index is 14.0. The van der Waals surface area contributed by atoms with Crippen molar-refractivity contribution < 1.29 is 83.1 Å². The van der Waals surface area contributed by atoms with Gasteiger partial charge in [-0.25, -0.2) is 0 Å². The number of nitrogens with two attached hydrogens (primary N) is 1. The second kappa shape index (κ2) is 29.1. The summed E-state index contributed by atoms with van der Waals surface area (Å²) in [6.07, 6.45) is -2.79. The minimum Gasteiger partial charge on any atom is -0.481 e. The summed E-state index contributed by atoms with van der Waals surface area (Å²) in [5, 5.41) is 65.3. The molecule has 9 amide bonds. The van der Waals surface area contributed by atoms with Gasteiger partial charge in [0.25, 0.3) is 0 Å². The Kier molecular flexibility index (Phi) is 24.9. The molecule has 0 aromatic rings. The number of aliphatic carboxylic acids is 3. The molecule has 72 heavy (non-hydrogen) atoms. The van der Waals surface area contributed by atoms with E-state index < -0.39 is 164 Å². The summed E-state index contributed by atoms with van der Waals surface area (Å²) in [6, 6.07) is -13.1. The Morgan fingerprint density at radius 1 is 0.597 bits per heavy atom. The number of hydrogen-bond donors (Lipinski definition) is 13. The Labute approximate surface area is 416 Å². The molecule has 406 valence electrons.